The van der Waals surface area contributed by atoms with E-state index in [1.165, 1.54) is 0 Å². The predicted molar refractivity (Wildman–Crippen MR) is 235 cm³/mol. The van der Waals surface area contributed by atoms with Crippen molar-refractivity contribution in [2.45, 2.75) is 76.7 Å². The molecule has 3 aromatic carbocycles. The van der Waals surface area contributed by atoms with Gasteiger partial charge in [0.15, 0.2) is 0 Å². The molecule has 298 valence electrons. The number of alkyl carbamates (subject to hydrolysis) is 1. The Hall–Kier alpha value is -3.69. The van der Waals surface area contributed by atoms with Gasteiger partial charge in [-0.05, 0) is 43.7 Å². The fourth-order valence-electron chi connectivity index (χ4n) is 6.16. The Morgan fingerprint density at radius 2 is 1.66 bits per heavy atom. The largest absolute Gasteiger partial charge is 0.464 e. The molecule has 10 nitrogen and oxygen atoms in total. The number of carbonyl (C=O) groups excluding carboxylic acids is 2. The number of esters is 1. The number of rotatable bonds is 21. The van der Waals surface area contributed by atoms with Crippen LogP contribution in [0, 0.1) is 5.41 Å². The topological polar surface area (TPSA) is 128 Å². The van der Waals surface area contributed by atoms with Crippen LogP contribution in [0.1, 0.15) is 75.7 Å². The van der Waals surface area contributed by atoms with Crippen LogP contribution in [0.25, 0.3) is 22.5 Å². The molecule has 1 aromatic heterocycles. The van der Waals surface area contributed by atoms with E-state index in [9.17, 15) is 9.59 Å². The van der Waals surface area contributed by atoms with Crippen molar-refractivity contribution in [3.05, 3.63) is 95.6 Å². The van der Waals surface area contributed by atoms with Gasteiger partial charge in [-0.1, -0.05) is 132 Å². The molecule has 0 spiro atoms. The fraction of sp³-hybridized carbons (Fsp3) is 0.429. The van der Waals surface area contributed by atoms with Crippen LogP contribution in [0.4, 0.5) is 4.79 Å². The van der Waals surface area contributed by atoms with Gasteiger partial charge < -0.3 is 24.9 Å². The summed E-state index contributed by atoms with van der Waals surface area (Å²) >= 11 is 7.25. The standard InChI is InChI=1S/C42H51N5O5S4/c1-30(43)13-11-27-54-55-28-26-50-24-12-22-44-41(49)52-36-29-32-16-7-8-17-33(32)38-39(35-19-10-9-18-34(35)36)47(46-45-38)23-25-51-37(48)20-21-42(2,3)56-40(53)31-14-5-4-6-15-31/h4-10,14-19,36,43H,11-13,20-29H2,1-3H3,(H,44,49). The minimum atomic E-state index is -0.564. The highest BCUT2D eigenvalue weighted by Crippen LogP contribution is 2.41. The summed E-state index contributed by atoms with van der Waals surface area (Å²) in [5, 5.41) is 19.5. The third-order valence-corrected chi connectivity index (χ3v) is 13.1. The lowest BCUT2D eigenvalue weighted by atomic mass is 9.87. The van der Waals surface area contributed by atoms with Crippen molar-refractivity contribution < 1.29 is 23.8 Å². The van der Waals surface area contributed by atoms with E-state index in [-0.39, 0.29) is 23.7 Å². The zero-order chi connectivity index (χ0) is 39.8. The average molecular weight is 834 g/mol. The van der Waals surface area contributed by atoms with Gasteiger partial charge in [0.05, 0.1) is 23.0 Å². The Bertz CT molecular complexity index is 1920. The van der Waals surface area contributed by atoms with Gasteiger partial charge in [-0.15, -0.1) is 16.9 Å². The van der Waals surface area contributed by atoms with Crippen molar-refractivity contribution in [3.8, 4) is 22.5 Å². The van der Waals surface area contributed by atoms with E-state index in [1.807, 2.05) is 96.6 Å². The molecule has 0 radical (unpaired) electrons. The number of thioether (sulfide) groups is 1. The number of carbonyl (C=O) groups is 2. The molecule has 5 rings (SSSR count). The summed E-state index contributed by atoms with van der Waals surface area (Å²) in [6.07, 6.45) is 2.86. The molecule has 2 N–H and O–H groups in total. The monoisotopic (exact) mass is 833 g/mol. The number of amides is 1. The van der Waals surface area contributed by atoms with Gasteiger partial charge in [0, 0.05) is 64.6 Å². The number of aromatic nitrogens is 3. The maximum atomic E-state index is 13.2. The van der Waals surface area contributed by atoms with Gasteiger partial charge in [0.1, 0.15) is 18.4 Å². The highest BCUT2D eigenvalue weighted by Gasteiger charge is 2.30. The molecule has 0 aliphatic heterocycles. The average Bonchev–Trinajstić information content (AvgIpc) is 3.60. The second-order valence-corrected chi connectivity index (χ2v) is 19.1. The van der Waals surface area contributed by atoms with E-state index in [4.69, 9.17) is 31.8 Å². The molecule has 1 aliphatic rings. The van der Waals surface area contributed by atoms with Crippen LogP contribution >= 0.6 is 45.6 Å². The van der Waals surface area contributed by atoms with E-state index in [0.717, 1.165) is 73.5 Å². The molecule has 1 heterocycles. The van der Waals surface area contributed by atoms with Gasteiger partial charge >= 0.3 is 12.1 Å². The molecule has 0 fully saturated rings. The van der Waals surface area contributed by atoms with Crippen molar-refractivity contribution in [2.24, 2.45) is 0 Å². The summed E-state index contributed by atoms with van der Waals surface area (Å²) in [6, 6.07) is 25.7. The third-order valence-electron chi connectivity index (χ3n) is 9.01. The Labute approximate surface area is 347 Å². The molecule has 14 heteroatoms. The van der Waals surface area contributed by atoms with Crippen molar-refractivity contribution in [3.63, 3.8) is 0 Å². The molecular weight excluding hydrogens is 783 g/mol. The molecule has 0 saturated heterocycles. The van der Waals surface area contributed by atoms with Gasteiger partial charge in [-0.2, -0.15) is 0 Å². The molecule has 0 saturated carbocycles. The first-order chi connectivity index (χ1) is 27.1. The Morgan fingerprint density at radius 1 is 0.929 bits per heavy atom. The summed E-state index contributed by atoms with van der Waals surface area (Å²) in [5.41, 5.74) is 6.85. The van der Waals surface area contributed by atoms with Gasteiger partial charge in [-0.25, -0.2) is 9.48 Å². The van der Waals surface area contributed by atoms with Crippen LogP contribution in [0.5, 0.6) is 0 Å². The second kappa shape index (κ2) is 22.3. The van der Waals surface area contributed by atoms with Crippen molar-refractivity contribution in [1.82, 2.24) is 20.3 Å². The zero-order valence-corrected chi connectivity index (χ0v) is 35.6. The van der Waals surface area contributed by atoms with Crippen LogP contribution < -0.4 is 5.32 Å². The van der Waals surface area contributed by atoms with E-state index >= 15 is 0 Å². The van der Waals surface area contributed by atoms with Crippen LogP contribution in [0.15, 0.2) is 78.9 Å². The van der Waals surface area contributed by atoms with E-state index in [0.29, 0.717) is 45.6 Å². The minimum absolute atomic E-state index is 0.129. The summed E-state index contributed by atoms with van der Waals surface area (Å²) < 4.78 is 19.9. The maximum Gasteiger partial charge on any atom is 0.407 e. The lowest BCUT2D eigenvalue weighted by Gasteiger charge is -2.25. The van der Waals surface area contributed by atoms with E-state index < -0.39 is 12.2 Å². The third kappa shape index (κ3) is 13.5. The summed E-state index contributed by atoms with van der Waals surface area (Å²) in [7, 11) is 3.61. The van der Waals surface area contributed by atoms with Gasteiger partial charge in [-0.3, -0.25) is 4.79 Å². The summed E-state index contributed by atoms with van der Waals surface area (Å²) in [4.78, 5) is 26.1. The lowest BCUT2D eigenvalue weighted by molar-refractivity contribution is -0.144. The molecule has 4 aromatic rings. The predicted octanol–water partition coefficient (Wildman–Crippen LogP) is 9.75. The highest BCUT2D eigenvalue weighted by molar-refractivity contribution is 8.76. The zero-order valence-electron chi connectivity index (χ0n) is 32.3. The van der Waals surface area contributed by atoms with Crippen molar-refractivity contribution in [2.75, 3.05) is 37.9 Å². The number of nitrogens with one attached hydrogen (secondary N) is 2. The molecule has 1 unspecified atom stereocenters. The Kier molecular flexibility index (Phi) is 17.3. The molecule has 1 amide bonds. The highest BCUT2D eigenvalue weighted by atomic mass is 33.1. The fourth-order valence-corrected chi connectivity index (χ4v) is 9.88. The van der Waals surface area contributed by atoms with Crippen LogP contribution in [-0.2, 0) is 32.0 Å². The number of fused-ring (bicyclic) bond motifs is 5. The molecule has 1 atom stereocenters. The first kappa shape index (κ1) is 43.4. The SMILES string of the molecule is CC(=N)CCCSSCCOCCCNC(=O)OC1Cc2ccccc2-c2nnn(CCOC(=O)CCC(C)(C)SC(=S)c3ccccc3)c2-c2ccccc21. The number of hydrogen-bond donors (Lipinski definition) is 2. The van der Waals surface area contributed by atoms with Gasteiger partial charge in [0.25, 0.3) is 0 Å². The number of benzene rings is 3. The smallest absolute Gasteiger partial charge is 0.407 e. The number of hydrogen-bond acceptors (Lipinski definition) is 12. The van der Waals surface area contributed by atoms with Crippen molar-refractivity contribution >= 4 is 67.5 Å². The van der Waals surface area contributed by atoms with Gasteiger partial charge in [0.2, 0.25) is 0 Å². The van der Waals surface area contributed by atoms with Crippen LogP contribution in [-0.4, -0.2) is 79.6 Å². The molecular formula is C42H51N5O5S4. The second-order valence-electron chi connectivity index (χ2n) is 14.0. The number of nitrogens with zero attached hydrogens (tertiary/aromatic N) is 3. The summed E-state index contributed by atoms with van der Waals surface area (Å²) in [6.45, 7) is 8.10. The van der Waals surface area contributed by atoms with E-state index in [2.05, 4.69) is 29.5 Å². The number of thiocarbonyl (C=S) groups is 1. The van der Waals surface area contributed by atoms with Crippen LogP contribution in [0.2, 0.25) is 0 Å². The van der Waals surface area contributed by atoms with E-state index in [1.54, 1.807) is 27.2 Å². The maximum absolute atomic E-state index is 13.2. The molecule has 56 heavy (non-hydrogen) atoms. The first-order valence-corrected chi connectivity index (χ1v) is 22.7. The quantitative estimate of drug-likeness (QED) is 0.0274. The normalized spacial score (nSPS) is 13.4. The first-order valence-electron chi connectivity index (χ1n) is 19.0. The van der Waals surface area contributed by atoms with Crippen molar-refractivity contribution in [1.29, 1.82) is 5.41 Å². The summed E-state index contributed by atoms with van der Waals surface area (Å²) in [5.74, 6) is 1.66. The lowest BCUT2D eigenvalue weighted by Crippen LogP contribution is -2.28. The molecule has 1 aliphatic carbocycles. The Morgan fingerprint density at radius 3 is 2.46 bits per heavy atom. The van der Waals surface area contributed by atoms with Crippen LogP contribution in [0.3, 0.4) is 0 Å². The number of ether oxygens (including phenoxy) is 3. The Balaban J connectivity index is 1.15. The molecule has 0 bridgehead atoms. The minimum Gasteiger partial charge on any atom is -0.464 e.